The van der Waals surface area contributed by atoms with Gasteiger partial charge in [0.05, 0.1) is 25.3 Å². The molecule has 2 heterocycles. The SMILES string of the molecule is COC(=O)CN(C(=O)Cc1ccn(C2CCCC2)n1)C1CCOCC1. The number of amides is 1. The molecule has 0 N–H and O–H groups in total. The third-order valence-corrected chi connectivity index (χ3v) is 5.17. The quantitative estimate of drug-likeness (QED) is 0.731. The van der Waals surface area contributed by atoms with Gasteiger partial charge in [-0.3, -0.25) is 14.3 Å². The van der Waals surface area contributed by atoms with Gasteiger partial charge in [-0.2, -0.15) is 5.10 Å². The Morgan fingerprint density at radius 2 is 2.00 bits per heavy atom. The zero-order valence-corrected chi connectivity index (χ0v) is 14.9. The van der Waals surface area contributed by atoms with Crippen LogP contribution in [0.5, 0.6) is 0 Å². The highest BCUT2D eigenvalue weighted by atomic mass is 16.5. The Kier molecular flexibility index (Phi) is 6.07. The van der Waals surface area contributed by atoms with Crippen molar-refractivity contribution in [1.29, 1.82) is 0 Å². The normalized spacial score (nSPS) is 19.1. The van der Waals surface area contributed by atoms with E-state index < -0.39 is 5.97 Å². The number of aromatic nitrogens is 2. The Morgan fingerprint density at radius 1 is 1.28 bits per heavy atom. The largest absolute Gasteiger partial charge is 0.468 e. The van der Waals surface area contributed by atoms with E-state index in [0.29, 0.717) is 19.3 Å². The van der Waals surface area contributed by atoms with Gasteiger partial charge in [0.1, 0.15) is 6.54 Å². The molecule has 25 heavy (non-hydrogen) atoms. The van der Waals surface area contributed by atoms with Gasteiger partial charge in [-0.05, 0) is 31.7 Å². The van der Waals surface area contributed by atoms with Gasteiger partial charge in [0.25, 0.3) is 0 Å². The van der Waals surface area contributed by atoms with Crippen LogP contribution in [0.2, 0.25) is 0 Å². The summed E-state index contributed by atoms with van der Waals surface area (Å²) >= 11 is 0. The van der Waals surface area contributed by atoms with Gasteiger partial charge in [-0.1, -0.05) is 12.8 Å². The number of hydrogen-bond acceptors (Lipinski definition) is 5. The molecule has 1 saturated heterocycles. The topological polar surface area (TPSA) is 73.7 Å². The molecular weight excluding hydrogens is 322 g/mol. The fourth-order valence-corrected chi connectivity index (χ4v) is 3.72. The highest BCUT2D eigenvalue weighted by Gasteiger charge is 2.28. The van der Waals surface area contributed by atoms with Crippen LogP contribution < -0.4 is 0 Å². The molecule has 1 aromatic heterocycles. The molecule has 7 heteroatoms. The molecule has 1 saturated carbocycles. The van der Waals surface area contributed by atoms with Crippen LogP contribution in [0.25, 0.3) is 0 Å². The van der Waals surface area contributed by atoms with Gasteiger partial charge < -0.3 is 14.4 Å². The molecule has 1 aliphatic heterocycles. The van der Waals surface area contributed by atoms with Gasteiger partial charge >= 0.3 is 5.97 Å². The Hall–Kier alpha value is -1.89. The van der Waals surface area contributed by atoms with E-state index in [0.717, 1.165) is 31.4 Å². The minimum Gasteiger partial charge on any atom is -0.468 e. The predicted octanol–water partition coefficient (Wildman–Crippen LogP) is 1.72. The van der Waals surface area contributed by atoms with Gasteiger partial charge in [-0.15, -0.1) is 0 Å². The van der Waals surface area contributed by atoms with Crippen LogP contribution >= 0.6 is 0 Å². The zero-order valence-electron chi connectivity index (χ0n) is 14.9. The Balaban J connectivity index is 1.65. The fourth-order valence-electron chi connectivity index (χ4n) is 3.72. The standard InChI is InChI=1S/C18H27N3O4/c1-24-18(23)13-20(15-7-10-25-11-8-15)17(22)12-14-6-9-21(19-14)16-4-2-3-5-16/h6,9,15-16H,2-5,7-8,10-13H2,1H3. The molecule has 0 aromatic carbocycles. The molecule has 0 unspecified atom stereocenters. The van der Waals surface area contributed by atoms with E-state index in [2.05, 4.69) is 5.10 Å². The van der Waals surface area contributed by atoms with Crippen LogP contribution in [0.15, 0.2) is 12.3 Å². The first-order chi connectivity index (χ1) is 12.2. The number of nitrogens with zero attached hydrogens (tertiary/aromatic N) is 3. The Bertz CT molecular complexity index is 589. The maximum absolute atomic E-state index is 12.8. The average molecular weight is 349 g/mol. The highest BCUT2D eigenvalue weighted by molar-refractivity contribution is 5.83. The lowest BCUT2D eigenvalue weighted by atomic mass is 10.1. The van der Waals surface area contributed by atoms with Crippen molar-refractivity contribution in [3.05, 3.63) is 18.0 Å². The highest BCUT2D eigenvalue weighted by Crippen LogP contribution is 2.28. The molecule has 0 bridgehead atoms. The van der Waals surface area contributed by atoms with Crippen LogP contribution in [0.1, 0.15) is 50.3 Å². The first kappa shape index (κ1) is 17.9. The molecule has 138 valence electrons. The van der Waals surface area contributed by atoms with Gasteiger partial charge in [0.2, 0.25) is 5.91 Å². The van der Waals surface area contributed by atoms with Crippen molar-refractivity contribution in [3.8, 4) is 0 Å². The van der Waals surface area contributed by atoms with Gasteiger partial charge in [0.15, 0.2) is 0 Å². The smallest absolute Gasteiger partial charge is 0.325 e. The minimum absolute atomic E-state index is 0.0106. The number of carbonyl (C=O) groups is 2. The molecule has 1 amide bonds. The summed E-state index contributed by atoms with van der Waals surface area (Å²) in [4.78, 5) is 26.2. The van der Waals surface area contributed by atoms with E-state index in [4.69, 9.17) is 9.47 Å². The molecule has 3 rings (SSSR count). The Morgan fingerprint density at radius 3 is 2.68 bits per heavy atom. The lowest BCUT2D eigenvalue weighted by Gasteiger charge is -2.33. The van der Waals surface area contributed by atoms with Gasteiger partial charge in [0, 0.05) is 25.5 Å². The van der Waals surface area contributed by atoms with Crippen molar-refractivity contribution in [2.75, 3.05) is 26.9 Å². The van der Waals surface area contributed by atoms with E-state index >= 15 is 0 Å². The minimum atomic E-state index is -0.392. The van der Waals surface area contributed by atoms with Crippen LogP contribution in [0.4, 0.5) is 0 Å². The molecule has 1 aliphatic carbocycles. The molecule has 7 nitrogen and oxygen atoms in total. The maximum Gasteiger partial charge on any atom is 0.325 e. The number of ether oxygens (including phenoxy) is 2. The second kappa shape index (κ2) is 8.47. The molecular formula is C18H27N3O4. The first-order valence-electron chi connectivity index (χ1n) is 9.15. The molecule has 1 aromatic rings. The van der Waals surface area contributed by atoms with Crippen molar-refractivity contribution in [1.82, 2.24) is 14.7 Å². The van der Waals surface area contributed by atoms with E-state index in [-0.39, 0.29) is 24.9 Å². The van der Waals surface area contributed by atoms with E-state index in [1.54, 1.807) is 4.90 Å². The van der Waals surface area contributed by atoms with E-state index in [9.17, 15) is 9.59 Å². The van der Waals surface area contributed by atoms with E-state index in [1.165, 1.54) is 20.0 Å². The second-order valence-corrected chi connectivity index (χ2v) is 6.84. The average Bonchev–Trinajstić information content (AvgIpc) is 3.31. The number of esters is 1. The molecule has 2 fully saturated rings. The summed E-state index contributed by atoms with van der Waals surface area (Å²) in [7, 11) is 1.35. The van der Waals surface area contributed by atoms with Crippen LogP contribution in [-0.4, -0.2) is 59.5 Å². The third kappa shape index (κ3) is 4.60. The molecule has 0 atom stereocenters. The van der Waals surface area contributed by atoms with Crippen molar-refractivity contribution >= 4 is 11.9 Å². The van der Waals surface area contributed by atoms with Crippen molar-refractivity contribution in [3.63, 3.8) is 0 Å². The van der Waals surface area contributed by atoms with Crippen LogP contribution in [0.3, 0.4) is 0 Å². The van der Waals surface area contributed by atoms with Crippen molar-refractivity contribution < 1.29 is 19.1 Å². The fraction of sp³-hybridized carbons (Fsp3) is 0.722. The maximum atomic E-state index is 12.8. The van der Waals surface area contributed by atoms with E-state index in [1.807, 2.05) is 16.9 Å². The summed E-state index contributed by atoms with van der Waals surface area (Å²) in [6.45, 7) is 1.22. The second-order valence-electron chi connectivity index (χ2n) is 6.84. The van der Waals surface area contributed by atoms with Gasteiger partial charge in [-0.25, -0.2) is 0 Å². The molecule has 0 spiro atoms. The Labute approximate surface area is 148 Å². The van der Waals surface area contributed by atoms with Crippen LogP contribution in [0, 0.1) is 0 Å². The number of carbonyl (C=O) groups excluding carboxylic acids is 2. The summed E-state index contributed by atoms with van der Waals surface area (Å²) in [5.41, 5.74) is 0.763. The molecule has 0 radical (unpaired) electrons. The number of methoxy groups -OCH3 is 1. The number of rotatable bonds is 6. The number of hydrogen-bond donors (Lipinski definition) is 0. The molecule has 2 aliphatic rings. The lowest BCUT2D eigenvalue weighted by molar-refractivity contribution is -0.149. The lowest BCUT2D eigenvalue weighted by Crippen LogP contribution is -2.47. The monoisotopic (exact) mass is 349 g/mol. The van der Waals surface area contributed by atoms with Crippen molar-refractivity contribution in [2.45, 2.75) is 57.0 Å². The summed E-state index contributed by atoms with van der Waals surface area (Å²) in [6.07, 6.45) is 8.49. The zero-order chi connectivity index (χ0) is 17.6. The van der Waals surface area contributed by atoms with Crippen LogP contribution in [-0.2, 0) is 25.5 Å². The van der Waals surface area contributed by atoms with Crippen molar-refractivity contribution in [2.24, 2.45) is 0 Å². The summed E-state index contributed by atoms with van der Waals surface area (Å²) < 4.78 is 12.1. The predicted molar refractivity (Wildman–Crippen MR) is 91.0 cm³/mol. The first-order valence-corrected chi connectivity index (χ1v) is 9.15. The third-order valence-electron chi connectivity index (χ3n) is 5.17. The summed E-state index contributed by atoms with van der Waals surface area (Å²) in [5.74, 6) is -0.467. The summed E-state index contributed by atoms with van der Waals surface area (Å²) in [6, 6.07) is 2.40. The summed E-state index contributed by atoms with van der Waals surface area (Å²) in [5, 5.41) is 4.59.